The molecular formula is C31H30N2O3. The van der Waals surface area contributed by atoms with Crippen molar-refractivity contribution < 1.29 is 14.7 Å². The Balaban J connectivity index is 1.54. The van der Waals surface area contributed by atoms with E-state index >= 15 is 0 Å². The zero-order chi connectivity index (χ0) is 25.2. The molecule has 4 aromatic carbocycles. The van der Waals surface area contributed by atoms with Crippen molar-refractivity contribution in [2.24, 2.45) is 0 Å². The van der Waals surface area contributed by atoms with Crippen molar-refractivity contribution in [3.8, 4) is 5.75 Å². The van der Waals surface area contributed by atoms with Gasteiger partial charge >= 0.3 is 0 Å². The third kappa shape index (κ3) is 7.31. The second-order valence-corrected chi connectivity index (χ2v) is 8.83. The molecule has 5 heteroatoms. The lowest BCUT2D eigenvalue weighted by Gasteiger charge is -2.26. The molecule has 182 valence electrons. The van der Waals surface area contributed by atoms with E-state index in [1.807, 2.05) is 95.9 Å². The Hall–Kier alpha value is -4.38. The summed E-state index contributed by atoms with van der Waals surface area (Å²) in [5.41, 5.74) is 3.57. The number of benzene rings is 4. The number of rotatable bonds is 10. The number of hydrogen-bond donors (Lipinski definition) is 2. The Labute approximate surface area is 212 Å². The Morgan fingerprint density at radius 1 is 0.667 bits per heavy atom. The van der Waals surface area contributed by atoms with Crippen LogP contribution in [0.1, 0.15) is 33.5 Å². The quantitative estimate of drug-likeness (QED) is 0.323. The molecule has 36 heavy (non-hydrogen) atoms. The van der Waals surface area contributed by atoms with Gasteiger partial charge in [0.25, 0.3) is 5.91 Å². The number of nitrogens with zero attached hydrogens (tertiary/aromatic N) is 1. The van der Waals surface area contributed by atoms with Crippen molar-refractivity contribution >= 4 is 11.8 Å². The Kier molecular flexibility index (Phi) is 8.49. The SMILES string of the molecule is O=C(N[C@@H](CC(=O)N(Cc1ccccc1)Cc1ccccc1)Cc1ccc(O)cc1)c1ccccc1. The Bertz CT molecular complexity index is 1200. The fraction of sp³-hybridized carbons (Fsp3) is 0.161. The maximum absolute atomic E-state index is 13.7. The summed E-state index contributed by atoms with van der Waals surface area (Å²) in [5, 5.41) is 12.7. The third-order valence-electron chi connectivity index (χ3n) is 6.00. The summed E-state index contributed by atoms with van der Waals surface area (Å²) in [7, 11) is 0. The van der Waals surface area contributed by atoms with Gasteiger partial charge in [-0.3, -0.25) is 9.59 Å². The van der Waals surface area contributed by atoms with Crippen molar-refractivity contribution in [3.63, 3.8) is 0 Å². The minimum atomic E-state index is -0.413. The first-order valence-electron chi connectivity index (χ1n) is 12.1. The molecule has 4 rings (SSSR count). The zero-order valence-electron chi connectivity index (χ0n) is 20.1. The molecule has 0 fully saturated rings. The maximum atomic E-state index is 13.7. The van der Waals surface area contributed by atoms with Crippen LogP contribution in [0.4, 0.5) is 0 Å². The van der Waals surface area contributed by atoms with Gasteiger partial charge in [0.2, 0.25) is 5.91 Å². The third-order valence-corrected chi connectivity index (χ3v) is 6.00. The molecule has 0 bridgehead atoms. The van der Waals surface area contributed by atoms with E-state index in [-0.39, 0.29) is 24.0 Å². The van der Waals surface area contributed by atoms with Crippen LogP contribution in [0, 0.1) is 0 Å². The molecule has 0 aromatic heterocycles. The molecule has 2 amide bonds. The molecule has 0 aliphatic heterocycles. The smallest absolute Gasteiger partial charge is 0.251 e. The summed E-state index contributed by atoms with van der Waals surface area (Å²) < 4.78 is 0. The Morgan fingerprint density at radius 3 is 1.69 bits per heavy atom. The van der Waals surface area contributed by atoms with Crippen molar-refractivity contribution in [1.82, 2.24) is 10.2 Å². The van der Waals surface area contributed by atoms with Crippen LogP contribution in [0.15, 0.2) is 115 Å². The van der Waals surface area contributed by atoms with Gasteiger partial charge in [-0.15, -0.1) is 0 Å². The number of phenolic OH excluding ortho intramolecular Hbond substituents is 1. The molecule has 0 aliphatic rings. The van der Waals surface area contributed by atoms with Gasteiger partial charge in [0.15, 0.2) is 0 Å². The average molecular weight is 479 g/mol. The van der Waals surface area contributed by atoms with Crippen LogP contribution in [0.2, 0.25) is 0 Å². The van der Waals surface area contributed by atoms with E-state index < -0.39 is 6.04 Å². The fourth-order valence-electron chi connectivity index (χ4n) is 4.13. The average Bonchev–Trinajstić information content (AvgIpc) is 2.91. The highest BCUT2D eigenvalue weighted by molar-refractivity contribution is 5.94. The number of hydrogen-bond acceptors (Lipinski definition) is 3. The first-order valence-corrected chi connectivity index (χ1v) is 12.1. The Morgan fingerprint density at radius 2 is 1.17 bits per heavy atom. The van der Waals surface area contributed by atoms with Gasteiger partial charge in [0.1, 0.15) is 5.75 Å². The summed E-state index contributed by atoms with van der Waals surface area (Å²) >= 11 is 0. The first kappa shape index (κ1) is 24.7. The van der Waals surface area contributed by atoms with Gasteiger partial charge < -0.3 is 15.3 Å². The minimum absolute atomic E-state index is 0.0418. The van der Waals surface area contributed by atoms with Crippen LogP contribution in [0.25, 0.3) is 0 Å². The molecule has 4 aromatic rings. The van der Waals surface area contributed by atoms with Gasteiger partial charge in [-0.05, 0) is 47.4 Å². The van der Waals surface area contributed by atoms with Crippen LogP contribution >= 0.6 is 0 Å². The number of amides is 2. The van der Waals surface area contributed by atoms with E-state index in [4.69, 9.17) is 0 Å². The van der Waals surface area contributed by atoms with Crippen LogP contribution in [-0.2, 0) is 24.3 Å². The molecule has 0 unspecified atom stereocenters. The highest BCUT2D eigenvalue weighted by Gasteiger charge is 2.22. The highest BCUT2D eigenvalue weighted by Crippen LogP contribution is 2.16. The van der Waals surface area contributed by atoms with E-state index in [9.17, 15) is 14.7 Å². The molecule has 0 radical (unpaired) electrons. The monoisotopic (exact) mass is 478 g/mol. The summed E-state index contributed by atoms with van der Waals surface area (Å²) in [6, 6.07) is 35.3. The van der Waals surface area contributed by atoms with Gasteiger partial charge in [0.05, 0.1) is 0 Å². The van der Waals surface area contributed by atoms with Gasteiger partial charge in [-0.25, -0.2) is 0 Å². The fourth-order valence-corrected chi connectivity index (χ4v) is 4.13. The number of aromatic hydroxyl groups is 1. The van der Waals surface area contributed by atoms with Crippen LogP contribution in [-0.4, -0.2) is 27.9 Å². The van der Waals surface area contributed by atoms with E-state index in [1.54, 1.807) is 24.3 Å². The lowest BCUT2D eigenvalue weighted by atomic mass is 10.0. The van der Waals surface area contributed by atoms with Crippen molar-refractivity contribution in [3.05, 3.63) is 138 Å². The van der Waals surface area contributed by atoms with Crippen molar-refractivity contribution in [2.45, 2.75) is 32.0 Å². The number of carbonyl (C=O) groups excluding carboxylic acids is 2. The molecule has 1 atom stereocenters. The molecule has 0 saturated heterocycles. The molecule has 0 spiro atoms. The first-order chi connectivity index (χ1) is 17.6. The molecular weight excluding hydrogens is 448 g/mol. The second kappa shape index (κ2) is 12.4. The minimum Gasteiger partial charge on any atom is -0.508 e. The molecule has 5 nitrogen and oxygen atoms in total. The lowest BCUT2D eigenvalue weighted by molar-refractivity contribution is -0.133. The van der Waals surface area contributed by atoms with Gasteiger partial charge in [0, 0.05) is 31.1 Å². The molecule has 0 heterocycles. The van der Waals surface area contributed by atoms with E-state index in [1.165, 1.54) is 0 Å². The van der Waals surface area contributed by atoms with Gasteiger partial charge in [-0.2, -0.15) is 0 Å². The predicted octanol–water partition coefficient (Wildman–Crippen LogP) is 5.35. The summed E-state index contributed by atoms with van der Waals surface area (Å²) in [4.78, 5) is 28.5. The predicted molar refractivity (Wildman–Crippen MR) is 141 cm³/mol. The van der Waals surface area contributed by atoms with E-state index in [2.05, 4.69) is 5.32 Å². The topological polar surface area (TPSA) is 69.6 Å². The maximum Gasteiger partial charge on any atom is 0.251 e. The summed E-state index contributed by atoms with van der Waals surface area (Å²) in [6.07, 6.45) is 0.619. The number of nitrogens with one attached hydrogen (secondary N) is 1. The second-order valence-electron chi connectivity index (χ2n) is 8.83. The van der Waals surface area contributed by atoms with Crippen LogP contribution in [0.3, 0.4) is 0 Å². The lowest BCUT2D eigenvalue weighted by Crippen LogP contribution is -2.41. The molecule has 2 N–H and O–H groups in total. The van der Waals surface area contributed by atoms with Crippen molar-refractivity contribution in [2.75, 3.05) is 0 Å². The highest BCUT2D eigenvalue weighted by atomic mass is 16.3. The largest absolute Gasteiger partial charge is 0.508 e. The molecule has 0 saturated carbocycles. The number of phenols is 1. The van der Waals surface area contributed by atoms with Gasteiger partial charge in [-0.1, -0.05) is 91.0 Å². The normalized spacial score (nSPS) is 11.4. The van der Waals surface area contributed by atoms with E-state index in [0.29, 0.717) is 25.1 Å². The summed E-state index contributed by atoms with van der Waals surface area (Å²) in [6.45, 7) is 0.959. The van der Waals surface area contributed by atoms with Crippen LogP contribution in [0.5, 0.6) is 5.75 Å². The van der Waals surface area contributed by atoms with Crippen LogP contribution < -0.4 is 5.32 Å². The molecule has 0 aliphatic carbocycles. The zero-order valence-corrected chi connectivity index (χ0v) is 20.1. The van der Waals surface area contributed by atoms with E-state index in [0.717, 1.165) is 16.7 Å². The standard InChI is InChI=1S/C31H30N2O3/c34-29-18-16-24(17-19-29)20-28(32-31(36)27-14-8-3-9-15-27)21-30(35)33(22-25-10-4-1-5-11-25)23-26-12-6-2-7-13-26/h1-19,28,34H,20-23H2,(H,32,36)/t28-/m1/s1. The summed E-state index contributed by atoms with van der Waals surface area (Å²) in [5.74, 6) is -0.0821. The van der Waals surface area contributed by atoms with Crippen molar-refractivity contribution in [1.29, 1.82) is 0 Å². The number of carbonyl (C=O) groups is 2.